The SMILES string of the molecule is N#Cc1cc(C#CCCN=[N+]=[N-])cnc1N. The van der Waals surface area contributed by atoms with Gasteiger partial charge in [0.25, 0.3) is 0 Å². The third-order valence-electron chi connectivity index (χ3n) is 1.67. The molecule has 0 amide bonds. The Morgan fingerprint density at radius 1 is 1.62 bits per heavy atom. The largest absolute Gasteiger partial charge is 0.383 e. The van der Waals surface area contributed by atoms with Crippen molar-refractivity contribution < 1.29 is 0 Å². The lowest BCUT2D eigenvalue weighted by molar-refractivity contribution is 1.01. The Morgan fingerprint density at radius 3 is 3.12 bits per heavy atom. The van der Waals surface area contributed by atoms with Gasteiger partial charge in [0.2, 0.25) is 0 Å². The molecule has 16 heavy (non-hydrogen) atoms. The number of nitriles is 1. The molecule has 78 valence electrons. The second-order valence-corrected chi connectivity index (χ2v) is 2.77. The van der Waals surface area contributed by atoms with Gasteiger partial charge in [0.1, 0.15) is 11.9 Å². The Kier molecular flexibility index (Phi) is 4.21. The monoisotopic (exact) mass is 212 g/mol. The van der Waals surface area contributed by atoms with Crippen molar-refractivity contribution in [2.75, 3.05) is 12.3 Å². The molecule has 1 rings (SSSR count). The second-order valence-electron chi connectivity index (χ2n) is 2.77. The zero-order chi connectivity index (χ0) is 11.8. The minimum Gasteiger partial charge on any atom is -0.383 e. The van der Waals surface area contributed by atoms with E-state index >= 15 is 0 Å². The van der Waals surface area contributed by atoms with Crippen LogP contribution in [-0.2, 0) is 0 Å². The summed E-state index contributed by atoms with van der Waals surface area (Å²) in [6.45, 7) is 0.330. The van der Waals surface area contributed by atoms with Gasteiger partial charge in [0.05, 0.1) is 5.56 Å². The van der Waals surface area contributed by atoms with Gasteiger partial charge >= 0.3 is 0 Å². The Labute approximate surface area is 92.3 Å². The number of hydrogen-bond donors (Lipinski definition) is 1. The van der Waals surface area contributed by atoms with E-state index in [9.17, 15) is 0 Å². The van der Waals surface area contributed by atoms with Gasteiger partial charge < -0.3 is 5.73 Å². The van der Waals surface area contributed by atoms with Crippen molar-refractivity contribution in [1.29, 1.82) is 5.26 Å². The molecule has 1 heterocycles. The third-order valence-corrected chi connectivity index (χ3v) is 1.67. The van der Waals surface area contributed by atoms with E-state index in [1.54, 1.807) is 6.07 Å². The maximum Gasteiger partial charge on any atom is 0.141 e. The molecule has 2 N–H and O–H groups in total. The van der Waals surface area contributed by atoms with Crippen LogP contribution in [0.25, 0.3) is 10.4 Å². The van der Waals surface area contributed by atoms with E-state index in [2.05, 4.69) is 26.9 Å². The topological polar surface area (TPSA) is 111 Å². The molecule has 0 atom stereocenters. The number of nitrogens with zero attached hydrogens (tertiary/aromatic N) is 5. The fraction of sp³-hybridized carbons (Fsp3) is 0.200. The molecule has 6 nitrogen and oxygen atoms in total. The van der Waals surface area contributed by atoms with Crippen molar-refractivity contribution in [3.8, 4) is 17.9 Å². The van der Waals surface area contributed by atoms with E-state index in [0.717, 1.165) is 0 Å². The number of nitrogens with two attached hydrogens (primary N) is 1. The van der Waals surface area contributed by atoms with E-state index in [4.69, 9.17) is 16.5 Å². The lowest BCUT2D eigenvalue weighted by atomic mass is 10.2. The summed E-state index contributed by atoms with van der Waals surface area (Å²) in [4.78, 5) is 6.44. The van der Waals surface area contributed by atoms with Crippen LogP contribution in [0.2, 0.25) is 0 Å². The van der Waals surface area contributed by atoms with Crippen LogP contribution in [-0.4, -0.2) is 11.5 Å². The van der Waals surface area contributed by atoms with Gasteiger partial charge in [0.15, 0.2) is 0 Å². The standard InChI is InChI=1S/C10H8N6/c11-6-9-5-8(7-14-10(9)12)3-1-2-4-15-16-13/h5,7H,2,4H2,(H2,12,14). The van der Waals surface area contributed by atoms with Crippen LogP contribution in [0.15, 0.2) is 17.4 Å². The first-order valence-electron chi connectivity index (χ1n) is 4.43. The minimum absolute atomic E-state index is 0.196. The fourth-order valence-corrected chi connectivity index (χ4v) is 0.948. The maximum absolute atomic E-state index is 8.71. The van der Waals surface area contributed by atoms with Gasteiger partial charge in [-0.1, -0.05) is 17.0 Å². The maximum atomic E-state index is 8.71. The van der Waals surface area contributed by atoms with E-state index in [-0.39, 0.29) is 5.82 Å². The van der Waals surface area contributed by atoms with E-state index in [0.29, 0.717) is 24.1 Å². The quantitative estimate of drug-likeness (QED) is 0.264. The van der Waals surface area contributed by atoms with Crippen LogP contribution < -0.4 is 5.73 Å². The number of hydrogen-bond acceptors (Lipinski definition) is 4. The number of anilines is 1. The highest BCUT2D eigenvalue weighted by molar-refractivity contribution is 5.52. The summed E-state index contributed by atoms with van der Waals surface area (Å²) in [6, 6.07) is 3.50. The highest BCUT2D eigenvalue weighted by Gasteiger charge is 1.98. The highest BCUT2D eigenvalue weighted by atomic mass is 15.1. The van der Waals surface area contributed by atoms with Crippen molar-refractivity contribution in [3.05, 3.63) is 33.8 Å². The molecule has 1 aromatic rings. The van der Waals surface area contributed by atoms with Crippen molar-refractivity contribution in [3.63, 3.8) is 0 Å². The Morgan fingerprint density at radius 2 is 2.44 bits per heavy atom. The average molecular weight is 212 g/mol. The number of pyridine rings is 1. The fourth-order valence-electron chi connectivity index (χ4n) is 0.948. The Balaban J connectivity index is 2.75. The second kappa shape index (κ2) is 5.92. The van der Waals surface area contributed by atoms with Crippen molar-refractivity contribution >= 4 is 5.82 Å². The van der Waals surface area contributed by atoms with Gasteiger partial charge in [-0.2, -0.15) is 5.26 Å². The lowest BCUT2D eigenvalue weighted by Crippen LogP contribution is -1.94. The summed E-state index contributed by atoms with van der Waals surface area (Å²) in [5.74, 6) is 5.80. The molecular formula is C10H8N6. The minimum atomic E-state index is 0.196. The normalized spacial score (nSPS) is 8.19. The molecule has 0 aromatic carbocycles. The van der Waals surface area contributed by atoms with E-state index < -0.39 is 0 Å². The lowest BCUT2D eigenvalue weighted by Gasteiger charge is -1.95. The van der Waals surface area contributed by atoms with Gasteiger partial charge in [-0.05, 0) is 11.6 Å². The molecule has 0 bridgehead atoms. The van der Waals surface area contributed by atoms with Gasteiger partial charge in [-0.25, -0.2) is 4.98 Å². The summed E-state index contributed by atoms with van der Waals surface area (Å²) in [7, 11) is 0. The van der Waals surface area contributed by atoms with Crippen molar-refractivity contribution in [2.24, 2.45) is 5.11 Å². The number of rotatable bonds is 2. The molecule has 0 saturated heterocycles. The van der Waals surface area contributed by atoms with Crippen LogP contribution in [0, 0.1) is 23.2 Å². The number of nitrogen functional groups attached to an aromatic ring is 1. The molecule has 0 aliphatic rings. The predicted octanol–water partition coefficient (Wildman–Crippen LogP) is 1.59. The summed E-state index contributed by atoms with van der Waals surface area (Å²) in [5.41, 5.74) is 14.4. The number of azide groups is 1. The number of aromatic nitrogens is 1. The van der Waals surface area contributed by atoms with E-state index in [1.165, 1.54) is 6.20 Å². The van der Waals surface area contributed by atoms with Crippen LogP contribution in [0.3, 0.4) is 0 Å². The molecular weight excluding hydrogens is 204 g/mol. The molecule has 6 heteroatoms. The predicted molar refractivity (Wildman–Crippen MR) is 58.9 cm³/mol. The molecule has 0 aliphatic heterocycles. The molecule has 0 unspecified atom stereocenters. The van der Waals surface area contributed by atoms with Crippen LogP contribution in [0.1, 0.15) is 17.5 Å². The molecule has 0 saturated carbocycles. The van der Waals surface area contributed by atoms with Crippen molar-refractivity contribution in [2.45, 2.75) is 6.42 Å². The Bertz CT molecular complexity index is 524. The van der Waals surface area contributed by atoms with Crippen LogP contribution >= 0.6 is 0 Å². The molecule has 0 fully saturated rings. The molecule has 0 aliphatic carbocycles. The van der Waals surface area contributed by atoms with Gasteiger partial charge in [-0.15, -0.1) is 0 Å². The van der Waals surface area contributed by atoms with Crippen LogP contribution in [0.4, 0.5) is 5.82 Å². The highest BCUT2D eigenvalue weighted by Crippen LogP contribution is 2.08. The Hall–Kier alpha value is -2.69. The smallest absolute Gasteiger partial charge is 0.141 e. The first-order chi connectivity index (χ1) is 7.77. The summed E-state index contributed by atoms with van der Waals surface area (Å²) in [6.07, 6.45) is 1.97. The first kappa shape index (κ1) is 11.4. The van der Waals surface area contributed by atoms with E-state index in [1.807, 2.05) is 6.07 Å². The zero-order valence-corrected chi connectivity index (χ0v) is 8.38. The molecule has 1 aromatic heterocycles. The summed E-state index contributed by atoms with van der Waals surface area (Å²) < 4.78 is 0. The molecule has 0 radical (unpaired) electrons. The van der Waals surface area contributed by atoms with Crippen LogP contribution in [0.5, 0.6) is 0 Å². The zero-order valence-electron chi connectivity index (χ0n) is 8.38. The van der Waals surface area contributed by atoms with Gasteiger partial charge in [0, 0.05) is 29.6 Å². The average Bonchev–Trinajstić information content (AvgIpc) is 2.31. The first-order valence-corrected chi connectivity index (χ1v) is 4.43. The van der Waals surface area contributed by atoms with Gasteiger partial charge in [-0.3, -0.25) is 0 Å². The molecule has 0 spiro atoms. The summed E-state index contributed by atoms with van der Waals surface area (Å²) in [5, 5.41) is 12.1. The van der Waals surface area contributed by atoms with Crippen molar-refractivity contribution in [1.82, 2.24) is 4.98 Å². The third kappa shape index (κ3) is 3.22. The summed E-state index contributed by atoms with van der Waals surface area (Å²) >= 11 is 0.